The summed E-state index contributed by atoms with van der Waals surface area (Å²) in [4.78, 5) is 39.7. The Bertz CT molecular complexity index is 1820. The molecule has 3 aromatic rings. The molecular formula is C36H32O12. The number of carbonyl (C=O) groups is 3. The van der Waals surface area contributed by atoms with Gasteiger partial charge in [-0.1, -0.05) is 24.3 Å². The molecule has 0 radical (unpaired) electrons. The van der Waals surface area contributed by atoms with Gasteiger partial charge in [0.1, 0.15) is 29.8 Å². The van der Waals surface area contributed by atoms with E-state index in [2.05, 4.69) is 0 Å². The Morgan fingerprint density at radius 1 is 0.542 bits per heavy atom. The highest BCUT2D eigenvalue weighted by Gasteiger charge is 2.35. The van der Waals surface area contributed by atoms with E-state index in [9.17, 15) is 29.7 Å². The monoisotopic (exact) mass is 656 g/mol. The molecule has 3 aromatic carbocycles. The average Bonchev–Trinajstić information content (AvgIpc) is 4.01. The van der Waals surface area contributed by atoms with Crippen LogP contribution in [0.3, 0.4) is 0 Å². The number of aromatic hydroxyl groups is 3. The summed E-state index contributed by atoms with van der Waals surface area (Å²) in [6.07, 6.45) is 6.84. The number of phenolic OH excluding ortho intramolecular Hbond substituents is 3. The van der Waals surface area contributed by atoms with Gasteiger partial charge in [-0.05, 0) is 74.4 Å². The van der Waals surface area contributed by atoms with E-state index in [-0.39, 0.29) is 76.1 Å². The van der Waals surface area contributed by atoms with Gasteiger partial charge in [0.05, 0.1) is 29.4 Å². The summed E-state index contributed by atoms with van der Waals surface area (Å²) in [5.74, 6) is -4.75. The number of benzene rings is 3. The highest BCUT2D eigenvalue weighted by atomic mass is 16.6. The Morgan fingerprint density at radius 3 is 1.21 bits per heavy atom. The number of esters is 3. The van der Waals surface area contributed by atoms with Gasteiger partial charge >= 0.3 is 17.9 Å². The first-order valence-electron chi connectivity index (χ1n) is 15.2. The molecule has 0 aromatic heterocycles. The van der Waals surface area contributed by atoms with Crippen molar-refractivity contribution in [3.05, 3.63) is 85.0 Å². The third-order valence-corrected chi connectivity index (χ3v) is 7.80. The van der Waals surface area contributed by atoms with Gasteiger partial charge in [0.15, 0.2) is 23.0 Å². The molecule has 0 unspecified atom stereocenters. The summed E-state index contributed by atoms with van der Waals surface area (Å²) < 4.78 is 33.4. The number of ether oxygens (including phenoxy) is 6. The number of phenols is 3. The summed E-state index contributed by atoms with van der Waals surface area (Å²) in [6, 6.07) is 11.0. The Hall–Kier alpha value is -5.43. The maximum atomic E-state index is 13.3. The van der Waals surface area contributed by atoms with E-state index in [0.717, 1.165) is 18.2 Å². The second-order valence-electron chi connectivity index (χ2n) is 11.4. The van der Waals surface area contributed by atoms with Crippen LogP contribution in [0.15, 0.2) is 85.0 Å². The van der Waals surface area contributed by atoms with Gasteiger partial charge < -0.3 is 43.7 Å². The standard InChI is InChI=1S/C36H32O12/c1-18-25(43-18)12-15-28(39)46-34-32(22-6-10-24(38)11-7-22)36(48-30(41)17-14-27-20(3)45-27)35(47-29(40)16-13-26-19(2)44-26)31(33(34)42)21-4-8-23(37)9-5-21/h4-20,25-27,37-38,42H,1-3H3/b15-12-,16-13-,17-14-/t18-,19-,20-,25+,26+,27+/m0/s1. The van der Waals surface area contributed by atoms with E-state index in [0.29, 0.717) is 0 Å². The largest absolute Gasteiger partial charge is 0.508 e. The molecular weight excluding hydrogens is 624 g/mol. The van der Waals surface area contributed by atoms with Crippen LogP contribution in [-0.4, -0.2) is 69.9 Å². The number of hydrogen-bond donors (Lipinski definition) is 3. The predicted molar refractivity (Wildman–Crippen MR) is 170 cm³/mol. The molecule has 3 fully saturated rings. The second kappa shape index (κ2) is 13.4. The molecule has 6 rings (SSSR count). The molecule has 3 heterocycles. The third kappa shape index (κ3) is 7.58. The summed E-state index contributed by atoms with van der Waals surface area (Å²) in [5.41, 5.74) is 0.0866. The molecule has 6 atom stereocenters. The van der Waals surface area contributed by atoms with Crippen molar-refractivity contribution in [3.63, 3.8) is 0 Å². The zero-order valence-corrected chi connectivity index (χ0v) is 26.1. The molecule has 0 spiro atoms. The fourth-order valence-electron chi connectivity index (χ4n) is 4.89. The number of hydrogen-bond acceptors (Lipinski definition) is 12. The van der Waals surface area contributed by atoms with Crippen molar-refractivity contribution >= 4 is 17.9 Å². The highest BCUT2D eigenvalue weighted by molar-refractivity contribution is 6.00. The lowest BCUT2D eigenvalue weighted by atomic mass is 9.95. The molecule has 3 aliphatic heterocycles. The molecule has 0 amide bonds. The molecule has 3 saturated heterocycles. The summed E-state index contributed by atoms with van der Waals surface area (Å²) in [5, 5.41) is 31.9. The van der Waals surface area contributed by atoms with Crippen molar-refractivity contribution in [2.24, 2.45) is 0 Å². The van der Waals surface area contributed by atoms with Gasteiger partial charge in [0, 0.05) is 18.2 Å². The Labute approximate surface area is 275 Å². The van der Waals surface area contributed by atoms with Crippen LogP contribution >= 0.6 is 0 Å². The first-order valence-corrected chi connectivity index (χ1v) is 15.2. The van der Waals surface area contributed by atoms with Crippen LogP contribution < -0.4 is 14.2 Å². The van der Waals surface area contributed by atoms with Crippen molar-refractivity contribution in [1.29, 1.82) is 0 Å². The SMILES string of the molecule is C[C@@H]1O[C@@H]1/C=C\C(=O)Oc1c(OC(=O)/C=C\[C@H]2O[C@H]2C)c(-c2ccc(O)cc2)c(OC(=O)/C=C\[C@H]2O[C@H]2C)c(O)c1-c1ccc(O)cc1. The van der Waals surface area contributed by atoms with Crippen molar-refractivity contribution in [1.82, 2.24) is 0 Å². The molecule has 248 valence electrons. The lowest BCUT2D eigenvalue weighted by molar-refractivity contribution is -0.131. The average molecular weight is 657 g/mol. The Kier molecular flexibility index (Phi) is 9.05. The van der Waals surface area contributed by atoms with Crippen molar-refractivity contribution < 1.29 is 58.1 Å². The van der Waals surface area contributed by atoms with Gasteiger partial charge in [0.25, 0.3) is 0 Å². The van der Waals surface area contributed by atoms with Crippen LogP contribution in [0.4, 0.5) is 0 Å². The molecule has 0 saturated carbocycles. The lowest BCUT2D eigenvalue weighted by Gasteiger charge is -2.22. The highest BCUT2D eigenvalue weighted by Crippen LogP contribution is 2.57. The zero-order valence-electron chi connectivity index (χ0n) is 26.1. The van der Waals surface area contributed by atoms with E-state index in [1.54, 1.807) is 0 Å². The molecule has 0 bridgehead atoms. The minimum Gasteiger partial charge on any atom is -0.508 e. The third-order valence-electron chi connectivity index (χ3n) is 7.80. The van der Waals surface area contributed by atoms with E-state index in [1.165, 1.54) is 66.8 Å². The van der Waals surface area contributed by atoms with Gasteiger partial charge in [-0.3, -0.25) is 0 Å². The topological polar surface area (TPSA) is 177 Å². The first-order chi connectivity index (χ1) is 23.0. The quantitative estimate of drug-likeness (QED) is 0.110. The number of carbonyl (C=O) groups excluding carboxylic acids is 3. The van der Waals surface area contributed by atoms with Crippen LogP contribution in [0, 0.1) is 0 Å². The first kappa shape index (κ1) is 32.5. The van der Waals surface area contributed by atoms with Crippen molar-refractivity contribution in [2.75, 3.05) is 0 Å². The van der Waals surface area contributed by atoms with E-state index >= 15 is 0 Å². The van der Waals surface area contributed by atoms with Gasteiger partial charge in [0.2, 0.25) is 0 Å². The molecule has 3 aliphatic rings. The van der Waals surface area contributed by atoms with Crippen LogP contribution in [-0.2, 0) is 28.6 Å². The smallest absolute Gasteiger partial charge is 0.336 e. The number of rotatable bonds is 11. The molecule has 0 aliphatic carbocycles. The normalized spacial score (nSPS) is 24.1. The van der Waals surface area contributed by atoms with E-state index in [1.807, 2.05) is 20.8 Å². The lowest BCUT2D eigenvalue weighted by Crippen LogP contribution is -2.13. The minimum absolute atomic E-state index is 0.0723. The molecule has 48 heavy (non-hydrogen) atoms. The minimum atomic E-state index is -0.898. The maximum absolute atomic E-state index is 13.3. The Morgan fingerprint density at radius 2 is 0.854 bits per heavy atom. The van der Waals surface area contributed by atoms with E-state index < -0.39 is 35.2 Å². The molecule has 12 heteroatoms. The van der Waals surface area contributed by atoms with Gasteiger partial charge in [-0.2, -0.15) is 0 Å². The fourth-order valence-corrected chi connectivity index (χ4v) is 4.89. The Balaban J connectivity index is 1.55. The molecule has 12 nitrogen and oxygen atoms in total. The van der Waals surface area contributed by atoms with Crippen LogP contribution in [0.2, 0.25) is 0 Å². The maximum Gasteiger partial charge on any atom is 0.336 e. The van der Waals surface area contributed by atoms with Crippen LogP contribution in [0.25, 0.3) is 22.3 Å². The van der Waals surface area contributed by atoms with Crippen LogP contribution in [0.5, 0.6) is 34.5 Å². The molecule has 3 N–H and O–H groups in total. The zero-order chi connectivity index (χ0) is 34.1. The second-order valence-corrected chi connectivity index (χ2v) is 11.4. The van der Waals surface area contributed by atoms with Gasteiger partial charge in [-0.15, -0.1) is 0 Å². The van der Waals surface area contributed by atoms with E-state index in [4.69, 9.17) is 28.4 Å². The summed E-state index contributed by atoms with van der Waals surface area (Å²) >= 11 is 0. The van der Waals surface area contributed by atoms with Crippen molar-refractivity contribution in [2.45, 2.75) is 57.4 Å². The van der Waals surface area contributed by atoms with Crippen LogP contribution in [0.1, 0.15) is 20.8 Å². The van der Waals surface area contributed by atoms with Crippen molar-refractivity contribution in [3.8, 4) is 56.8 Å². The number of epoxide rings is 3. The summed E-state index contributed by atoms with van der Waals surface area (Å²) in [7, 11) is 0. The van der Waals surface area contributed by atoms with Gasteiger partial charge in [-0.25, -0.2) is 14.4 Å². The summed E-state index contributed by atoms with van der Waals surface area (Å²) in [6.45, 7) is 5.49. The predicted octanol–water partition coefficient (Wildman–Crippen LogP) is 4.88. The fraction of sp³-hybridized carbons (Fsp3) is 0.250.